The summed E-state index contributed by atoms with van der Waals surface area (Å²) in [4.78, 5) is 12.5. The summed E-state index contributed by atoms with van der Waals surface area (Å²) in [6.07, 6.45) is 0. The maximum atomic E-state index is 13.5. The van der Waals surface area contributed by atoms with E-state index in [4.69, 9.17) is 11.6 Å². The van der Waals surface area contributed by atoms with Gasteiger partial charge in [0, 0.05) is 26.4 Å². The first-order chi connectivity index (χ1) is 15.4. The lowest BCUT2D eigenvalue weighted by Gasteiger charge is -2.11. The molecule has 1 amide bonds. The molecule has 0 atom stereocenters. The molecule has 1 heterocycles. The number of carbonyl (C=O) groups is 1. The molecule has 1 N–H and O–H groups in total. The minimum absolute atomic E-state index is 0.134. The van der Waals surface area contributed by atoms with Gasteiger partial charge in [0.05, 0.1) is 5.75 Å². The van der Waals surface area contributed by atoms with Crippen molar-refractivity contribution < 1.29 is 9.18 Å². The molecule has 0 fully saturated rings. The molecule has 162 valence electrons. The molecule has 0 spiro atoms. The first-order valence-corrected chi connectivity index (χ1v) is 11.7. The maximum Gasteiger partial charge on any atom is 0.234 e. The quantitative estimate of drug-likeness (QED) is 0.287. The van der Waals surface area contributed by atoms with E-state index in [0.29, 0.717) is 21.7 Å². The van der Waals surface area contributed by atoms with Gasteiger partial charge in [-0.15, -0.1) is 10.2 Å². The van der Waals surface area contributed by atoms with Gasteiger partial charge in [0.25, 0.3) is 0 Å². The molecular weight excluding hydrogens is 515 g/mol. The third-order valence-electron chi connectivity index (χ3n) is 4.59. The summed E-state index contributed by atoms with van der Waals surface area (Å²) in [5, 5.41) is 12.6. The Balaban J connectivity index is 1.59. The second kappa shape index (κ2) is 9.85. The fourth-order valence-electron chi connectivity index (χ4n) is 3.02. The summed E-state index contributed by atoms with van der Waals surface area (Å²) in [7, 11) is 0. The maximum absolute atomic E-state index is 13.5. The minimum atomic E-state index is -0.340. The van der Waals surface area contributed by atoms with Crippen LogP contribution in [-0.4, -0.2) is 26.4 Å². The number of benzene rings is 3. The number of aromatic nitrogens is 3. The van der Waals surface area contributed by atoms with Gasteiger partial charge in [-0.2, -0.15) is 0 Å². The van der Waals surface area contributed by atoms with Crippen LogP contribution in [0.4, 0.5) is 10.1 Å². The van der Waals surface area contributed by atoms with Crippen molar-refractivity contribution in [2.24, 2.45) is 0 Å². The molecule has 0 saturated heterocycles. The lowest BCUT2D eigenvalue weighted by molar-refractivity contribution is -0.113. The molecule has 3 aromatic carbocycles. The van der Waals surface area contributed by atoms with Crippen LogP contribution in [0.5, 0.6) is 0 Å². The van der Waals surface area contributed by atoms with Gasteiger partial charge in [0.2, 0.25) is 5.91 Å². The number of thioether (sulfide) groups is 1. The molecule has 4 aromatic rings. The van der Waals surface area contributed by atoms with E-state index < -0.39 is 0 Å². The Labute approximate surface area is 202 Å². The molecule has 32 heavy (non-hydrogen) atoms. The van der Waals surface area contributed by atoms with Crippen molar-refractivity contribution in [1.82, 2.24) is 14.8 Å². The molecule has 0 bridgehead atoms. The van der Waals surface area contributed by atoms with E-state index in [1.165, 1.54) is 23.9 Å². The number of halogens is 3. The Morgan fingerprint density at radius 1 is 1.09 bits per heavy atom. The van der Waals surface area contributed by atoms with Gasteiger partial charge in [-0.1, -0.05) is 39.3 Å². The van der Waals surface area contributed by atoms with Crippen LogP contribution < -0.4 is 5.32 Å². The Bertz CT molecular complexity index is 1260. The van der Waals surface area contributed by atoms with Crippen LogP contribution in [0, 0.1) is 12.7 Å². The van der Waals surface area contributed by atoms with E-state index in [1.54, 1.807) is 28.8 Å². The molecule has 0 unspecified atom stereocenters. The highest BCUT2D eigenvalue weighted by Gasteiger charge is 2.17. The van der Waals surface area contributed by atoms with E-state index in [1.807, 2.05) is 37.3 Å². The van der Waals surface area contributed by atoms with Gasteiger partial charge in [0.1, 0.15) is 5.82 Å². The van der Waals surface area contributed by atoms with E-state index in [9.17, 15) is 9.18 Å². The van der Waals surface area contributed by atoms with Gasteiger partial charge < -0.3 is 5.32 Å². The molecule has 9 heteroatoms. The predicted octanol–water partition coefficient (Wildman–Crippen LogP) is 6.53. The van der Waals surface area contributed by atoms with Crippen LogP contribution in [0.3, 0.4) is 0 Å². The number of hydrogen-bond donors (Lipinski definition) is 1. The lowest BCUT2D eigenvalue weighted by Crippen LogP contribution is -2.14. The standard InChI is InChI=1S/C23H17BrClFN4OS/c1-14-12-18(8-11-20(14)24)27-21(31)13-32-23-29-28-22(15-2-4-16(25)5-3-15)30(23)19-9-6-17(26)7-10-19/h2-12H,13H2,1H3,(H,27,31). The summed E-state index contributed by atoms with van der Waals surface area (Å²) in [5.74, 6) is 0.195. The minimum Gasteiger partial charge on any atom is -0.325 e. The number of aryl methyl sites for hydroxylation is 1. The molecule has 0 aliphatic carbocycles. The third kappa shape index (κ3) is 5.20. The van der Waals surface area contributed by atoms with E-state index in [2.05, 4.69) is 31.4 Å². The Morgan fingerprint density at radius 2 is 1.81 bits per heavy atom. The molecule has 1 aromatic heterocycles. The molecule has 0 aliphatic rings. The topological polar surface area (TPSA) is 59.8 Å². The zero-order valence-corrected chi connectivity index (χ0v) is 20.0. The Hall–Kier alpha value is -2.68. The Morgan fingerprint density at radius 3 is 2.50 bits per heavy atom. The summed E-state index contributed by atoms with van der Waals surface area (Å²) in [6.45, 7) is 1.96. The summed E-state index contributed by atoms with van der Waals surface area (Å²) in [5.41, 5.74) is 3.23. The summed E-state index contributed by atoms with van der Waals surface area (Å²) >= 11 is 10.7. The largest absolute Gasteiger partial charge is 0.325 e. The fraction of sp³-hybridized carbons (Fsp3) is 0.0870. The molecule has 4 rings (SSSR count). The number of anilines is 1. The van der Waals surface area contributed by atoms with Crippen molar-refractivity contribution in [3.63, 3.8) is 0 Å². The van der Waals surface area contributed by atoms with Gasteiger partial charge in [-0.25, -0.2) is 4.39 Å². The first kappa shape index (κ1) is 22.5. The van der Waals surface area contributed by atoms with Crippen LogP contribution in [0.25, 0.3) is 17.1 Å². The van der Waals surface area contributed by atoms with Crippen LogP contribution in [0.15, 0.2) is 76.4 Å². The number of carbonyl (C=O) groups excluding carboxylic acids is 1. The zero-order valence-electron chi connectivity index (χ0n) is 16.8. The molecule has 0 aliphatic heterocycles. The monoisotopic (exact) mass is 530 g/mol. The molecular formula is C23H17BrClFN4OS. The van der Waals surface area contributed by atoms with Gasteiger partial charge in [-0.3, -0.25) is 9.36 Å². The number of nitrogens with one attached hydrogen (secondary N) is 1. The average Bonchev–Trinajstić information content (AvgIpc) is 3.20. The van der Waals surface area contributed by atoms with E-state index in [-0.39, 0.29) is 17.5 Å². The number of amides is 1. The van der Waals surface area contributed by atoms with Crippen LogP contribution in [-0.2, 0) is 4.79 Å². The third-order valence-corrected chi connectivity index (χ3v) is 6.67. The first-order valence-electron chi connectivity index (χ1n) is 9.57. The second-order valence-electron chi connectivity index (χ2n) is 6.93. The number of rotatable bonds is 6. The SMILES string of the molecule is Cc1cc(NC(=O)CSc2nnc(-c3ccc(Cl)cc3)n2-c2ccc(F)cc2)ccc1Br. The van der Waals surface area contributed by atoms with Crippen LogP contribution in [0.1, 0.15) is 5.56 Å². The van der Waals surface area contributed by atoms with E-state index >= 15 is 0 Å². The summed E-state index contributed by atoms with van der Waals surface area (Å²) < 4.78 is 16.3. The number of hydrogen-bond acceptors (Lipinski definition) is 4. The van der Waals surface area contributed by atoms with Gasteiger partial charge >= 0.3 is 0 Å². The average molecular weight is 532 g/mol. The highest BCUT2D eigenvalue weighted by atomic mass is 79.9. The Kier molecular flexibility index (Phi) is 6.93. The summed E-state index contributed by atoms with van der Waals surface area (Å²) in [6, 6.07) is 18.9. The van der Waals surface area contributed by atoms with Crippen LogP contribution >= 0.6 is 39.3 Å². The van der Waals surface area contributed by atoms with Crippen molar-refractivity contribution in [2.75, 3.05) is 11.1 Å². The molecule has 0 saturated carbocycles. The lowest BCUT2D eigenvalue weighted by atomic mass is 10.2. The van der Waals surface area contributed by atoms with Crippen molar-refractivity contribution >= 4 is 50.9 Å². The second-order valence-corrected chi connectivity index (χ2v) is 9.16. The van der Waals surface area contributed by atoms with Crippen molar-refractivity contribution in [3.05, 3.63) is 87.6 Å². The normalized spacial score (nSPS) is 10.9. The van der Waals surface area contributed by atoms with Gasteiger partial charge in [-0.05, 0) is 79.2 Å². The zero-order chi connectivity index (χ0) is 22.7. The number of nitrogens with zero attached hydrogens (tertiary/aromatic N) is 3. The predicted molar refractivity (Wildman–Crippen MR) is 130 cm³/mol. The van der Waals surface area contributed by atoms with E-state index in [0.717, 1.165) is 21.3 Å². The smallest absolute Gasteiger partial charge is 0.234 e. The fourth-order valence-corrected chi connectivity index (χ4v) is 4.15. The highest BCUT2D eigenvalue weighted by molar-refractivity contribution is 9.10. The molecule has 5 nitrogen and oxygen atoms in total. The highest BCUT2D eigenvalue weighted by Crippen LogP contribution is 2.29. The van der Waals surface area contributed by atoms with Crippen LogP contribution in [0.2, 0.25) is 5.02 Å². The van der Waals surface area contributed by atoms with Crippen molar-refractivity contribution in [1.29, 1.82) is 0 Å². The molecule has 0 radical (unpaired) electrons. The van der Waals surface area contributed by atoms with Crippen molar-refractivity contribution in [3.8, 4) is 17.1 Å². The van der Waals surface area contributed by atoms with Gasteiger partial charge in [0.15, 0.2) is 11.0 Å². The van der Waals surface area contributed by atoms with Crippen molar-refractivity contribution in [2.45, 2.75) is 12.1 Å².